The van der Waals surface area contributed by atoms with Gasteiger partial charge in [0.15, 0.2) is 6.04 Å². The summed E-state index contributed by atoms with van der Waals surface area (Å²) in [4.78, 5) is 11.8. The molecule has 0 radical (unpaired) electrons. The lowest BCUT2D eigenvalue weighted by atomic mass is 10.0. The van der Waals surface area contributed by atoms with Crippen LogP contribution in [-0.4, -0.2) is 44.0 Å². The van der Waals surface area contributed by atoms with Crippen LogP contribution in [0.5, 0.6) is 0 Å². The van der Waals surface area contributed by atoms with Gasteiger partial charge in [0.2, 0.25) is 0 Å². The second-order valence-corrected chi connectivity index (χ2v) is 5.28. The minimum atomic E-state index is -0.338. The number of esters is 1. The maximum atomic E-state index is 11.8. The fourth-order valence-electron chi connectivity index (χ4n) is 2.27. The van der Waals surface area contributed by atoms with E-state index in [0.29, 0.717) is 6.61 Å². The number of ether oxygens (including phenoxy) is 3. The highest BCUT2D eigenvalue weighted by atomic mass is 16.6. The van der Waals surface area contributed by atoms with Crippen molar-refractivity contribution in [1.29, 1.82) is 0 Å². The molecule has 110 valence electrons. The van der Waals surface area contributed by atoms with Gasteiger partial charge >= 0.3 is 5.97 Å². The standard InChI is InChI=1S/C14H25NO4/c1-9(2)8-18-12-7-5-6-11(15)14(16)19-10(3)13(12)17-4/h10-13H,1,5-8,15H2,2-4H3/p+1/t10-,11-,12-,13-/m0/s1. The van der Waals surface area contributed by atoms with Crippen LogP contribution in [0.4, 0.5) is 0 Å². The predicted octanol–water partition coefficient (Wildman–Crippen LogP) is 0.689. The largest absolute Gasteiger partial charge is 0.455 e. The van der Waals surface area contributed by atoms with E-state index in [1.165, 1.54) is 0 Å². The first-order chi connectivity index (χ1) is 8.95. The van der Waals surface area contributed by atoms with Gasteiger partial charge in [-0.15, -0.1) is 0 Å². The number of quaternary nitrogens is 1. The van der Waals surface area contributed by atoms with E-state index in [0.717, 1.165) is 24.8 Å². The molecule has 1 aliphatic heterocycles. The molecule has 19 heavy (non-hydrogen) atoms. The van der Waals surface area contributed by atoms with Crippen molar-refractivity contribution in [2.24, 2.45) is 0 Å². The quantitative estimate of drug-likeness (QED) is 0.603. The predicted molar refractivity (Wildman–Crippen MR) is 71.4 cm³/mol. The van der Waals surface area contributed by atoms with Crippen LogP contribution < -0.4 is 5.73 Å². The number of carbonyl (C=O) groups excluding carboxylic acids is 1. The van der Waals surface area contributed by atoms with Gasteiger partial charge in [0.25, 0.3) is 0 Å². The lowest BCUT2D eigenvalue weighted by Crippen LogP contribution is -2.65. The number of methoxy groups -OCH3 is 1. The van der Waals surface area contributed by atoms with E-state index in [4.69, 9.17) is 14.2 Å². The molecule has 3 N–H and O–H groups in total. The maximum absolute atomic E-state index is 11.8. The first-order valence-corrected chi connectivity index (χ1v) is 6.78. The van der Waals surface area contributed by atoms with Crippen LogP contribution in [0.3, 0.4) is 0 Å². The number of cyclic esters (lactones) is 1. The molecule has 1 rings (SSSR count). The van der Waals surface area contributed by atoms with Crippen molar-refractivity contribution in [2.45, 2.75) is 57.5 Å². The molecule has 0 unspecified atom stereocenters. The van der Waals surface area contributed by atoms with Gasteiger partial charge in [-0.3, -0.25) is 0 Å². The molecule has 0 amide bonds. The van der Waals surface area contributed by atoms with Crippen molar-refractivity contribution >= 4 is 5.97 Å². The Morgan fingerprint density at radius 3 is 2.79 bits per heavy atom. The molecular weight excluding hydrogens is 246 g/mol. The minimum absolute atomic E-state index is 0.0881. The minimum Gasteiger partial charge on any atom is -0.455 e. The molecule has 0 aromatic heterocycles. The summed E-state index contributed by atoms with van der Waals surface area (Å²) in [6.07, 6.45) is 1.74. The number of rotatable bonds is 4. The highest BCUT2D eigenvalue weighted by Crippen LogP contribution is 2.20. The van der Waals surface area contributed by atoms with Crippen molar-refractivity contribution in [3.8, 4) is 0 Å². The lowest BCUT2D eigenvalue weighted by molar-refractivity contribution is -0.410. The summed E-state index contributed by atoms with van der Waals surface area (Å²) >= 11 is 0. The summed E-state index contributed by atoms with van der Waals surface area (Å²) in [5, 5.41) is 0. The first-order valence-electron chi connectivity index (χ1n) is 6.78. The average molecular weight is 272 g/mol. The van der Waals surface area contributed by atoms with Gasteiger partial charge in [-0.2, -0.15) is 0 Å². The van der Waals surface area contributed by atoms with Gasteiger partial charge in [0, 0.05) is 13.5 Å². The Bertz CT molecular complexity index is 319. The molecule has 1 fully saturated rings. The van der Waals surface area contributed by atoms with E-state index in [9.17, 15) is 4.79 Å². The molecule has 0 aromatic rings. The molecule has 1 aliphatic rings. The van der Waals surface area contributed by atoms with Crippen LogP contribution in [0, 0.1) is 0 Å². The Kier molecular flexibility index (Phi) is 6.48. The van der Waals surface area contributed by atoms with Crippen molar-refractivity contribution in [1.82, 2.24) is 0 Å². The third kappa shape index (κ3) is 4.93. The Balaban J connectivity index is 2.75. The van der Waals surface area contributed by atoms with E-state index in [1.807, 2.05) is 13.8 Å². The van der Waals surface area contributed by atoms with Gasteiger partial charge in [0.05, 0.1) is 12.7 Å². The Labute approximate surface area is 115 Å². The molecule has 0 spiro atoms. The second kappa shape index (κ2) is 7.62. The zero-order chi connectivity index (χ0) is 14.4. The molecule has 0 aliphatic carbocycles. The Morgan fingerprint density at radius 1 is 1.53 bits per heavy atom. The van der Waals surface area contributed by atoms with Gasteiger partial charge in [-0.25, -0.2) is 4.79 Å². The van der Waals surface area contributed by atoms with Crippen LogP contribution in [0.25, 0.3) is 0 Å². The van der Waals surface area contributed by atoms with Crippen molar-refractivity contribution < 1.29 is 24.7 Å². The normalized spacial score (nSPS) is 32.9. The van der Waals surface area contributed by atoms with Gasteiger partial charge < -0.3 is 19.9 Å². The molecule has 5 nitrogen and oxygen atoms in total. The van der Waals surface area contributed by atoms with E-state index in [1.54, 1.807) is 7.11 Å². The van der Waals surface area contributed by atoms with E-state index >= 15 is 0 Å². The molecule has 0 aromatic carbocycles. The van der Waals surface area contributed by atoms with Crippen LogP contribution in [0.1, 0.15) is 33.1 Å². The smallest absolute Gasteiger partial charge is 0.365 e. The van der Waals surface area contributed by atoms with E-state index in [2.05, 4.69) is 12.3 Å². The number of hydrogen-bond donors (Lipinski definition) is 1. The Hall–Kier alpha value is -0.910. The van der Waals surface area contributed by atoms with Gasteiger partial charge in [0.1, 0.15) is 12.2 Å². The molecule has 0 bridgehead atoms. The summed E-state index contributed by atoms with van der Waals surface area (Å²) in [6, 6.07) is -0.306. The van der Waals surface area contributed by atoms with E-state index < -0.39 is 0 Å². The molecule has 5 heteroatoms. The summed E-state index contributed by atoms with van der Waals surface area (Å²) in [5.41, 5.74) is 4.80. The van der Waals surface area contributed by atoms with Crippen molar-refractivity contribution in [3.63, 3.8) is 0 Å². The average Bonchev–Trinajstić information content (AvgIpc) is 2.38. The lowest BCUT2D eigenvalue weighted by Gasteiger charge is -2.29. The highest BCUT2D eigenvalue weighted by molar-refractivity contribution is 5.74. The van der Waals surface area contributed by atoms with Crippen LogP contribution in [0.15, 0.2) is 12.2 Å². The van der Waals surface area contributed by atoms with Crippen molar-refractivity contribution in [2.75, 3.05) is 13.7 Å². The Morgan fingerprint density at radius 2 is 2.21 bits per heavy atom. The third-order valence-corrected chi connectivity index (χ3v) is 3.32. The zero-order valence-corrected chi connectivity index (χ0v) is 12.2. The second-order valence-electron chi connectivity index (χ2n) is 5.28. The maximum Gasteiger partial charge on any atom is 0.365 e. The van der Waals surface area contributed by atoms with E-state index in [-0.39, 0.29) is 30.3 Å². The highest BCUT2D eigenvalue weighted by Gasteiger charge is 2.34. The van der Waals surface area contributed by atoms with Gasteiger partial charge in [-0.05, 0) is 26.7 Å². The molecule has 1 saturated heterocycles. The first kappa shape index (κ1) is 16.1. The monoisotopic (exact) mass is 272 g/mol. The number of hydrogen-bond acceptors (Lipinski definition) is 4. The zero-order valence-electron chi connectivity index (χ0n) is 12.2. The summed E-state index contributed by atoms with van der Waals surface area (Å²) in [7, 11) is 1.62. The van der Waals surface area contributed by atoms with Crippen LogP contribution >= 0.6 is 0 Å². The molecule has 1 heterocycles. The van der Waals surface area contributed by atoms with Gasteiger partial charge in [-0.1, -0.05) is 12.2 Å². The fraction of sp³-hybridized carbons (Fsp3) is 0.786. The van der Waals surface area contributed by atoms with Crippen molar-refractivity contribution in [3.05, 3.63) is 12.2 Å². The topological polar surface area (TPSA) is 72.4 Å². The van der Waals surface area contributed by atoms with Crippen LogP contribution in [0.2, 0.25) is 0 Å². The fourth-order valence-corrected chi connectivity index (χ4v) is 2.27. The summed E-state index contributed by atoms with van der Waals surface area (Å²) < 4.78 is 16.7. The third-order valence-electron chi connectivity index (χ3n) is 3.32. The SMILES string of the molecule is C=C(C)CO[C@H]1CCC[C@H]([NH3+])C(=O)O[C@@H](C)[C@@H]1OC. The summed E-state index contributed by atoms with van der Waals surface area (Å²) in [6.45, 7) is 8.09. The molecule has 4 atom stereocenters. The summed E-state index contributed by atoms with van der Waals surface area (Å²) in [5.74, 6) is -0.255. The number of carbonyl (C=O) groups is 1. The molecule has 0 saturated carbocycles. The van der Waals surface area contributed by atoms with Crippen LogP contribution in [-0.2, 0) is 19.0 Å². The molecular formula is C14H26NO4+.